The SMILES string of the molecule is CCOC(=O)/C=C/c1cc2ccccn2n1. The van der Waals surface area contributed by atoms with Gasteiger partial charge in [0.05, 0.1) is 17.8 Å². The Morgan fingerprint density at radius 1 is 1.56 bits per heavy atom. The largest absolute Gasteiger partial charge is 0.463 e. The molecule has 0 radical (unpaired) electrons. The van der Waals surface area contributed by atoms with Crippen LogP contribution < -0.4 is 0 Å². The molecule has 0 aromatic carbocycles. The lowest BCUT2D eigenvalue weighted by atomic mass is 10.3. The number of fused-ring (bicyclic) bond motifs is 1. The number of hydrogen-bond acceptors (Lipinski definition) is 3. The summed E-state index contributed by atoms with van der Waals surface area (Å²) in [4.78, 5) is 11.1. The summed E-state index contributed by atoms with van der Waals surface area (Å²) in [7, 11) is 0. The molecule has 0 bridgehead atoms. The molecule has 4 nitrogen and oxygen atoms in total. The molecule has 2 aromatic heterocycles. The lowest BCUT2D eigenvalue weighted by Gasteiger charge is -1.92. The third-order valence-electron chi connectivity index (χ3n) is 2.07. The zero-order valence-electron chi connectivity index (χ0n) is 8.96. The van der Waals surface area contributed by atoms with Crippen LogP contribution in [0, 0.1) is 0 Å². The Hall–Kier alpha value is -2.10. The molecule has 2 heterocycles. The fraction of sp³-hybridized carbons (Fsp3) is 0.167. The maximum absolute atomic E-state index is 11.1. The predicted molar refractivity (Wildman–Crippen MR) is 60.9 cm³/mol. The predicted octanol–water partition coefficient (Wildman–Crippen LogP) is 1.91. The van der Waals surface area contributed by atoms with Crippen molar-refractivity contribution in [3.8, 4) is 0 Å². The molecule has 0 unspecified atom stereocenters. The normalized spacial score (nSPS) is 11.1. The van der Waals surface area contributed by atoms with Gasteiger partial charge in [-0.2, -0.15) is 5.10 Å². The number of nitrogens with zero attached hydrogens (tertiary/aromatic N) is 2. The number of esters is 1. The number of carbonyl (C=O) groups is 1. The van der Waals surface area contributed by atoms with Crippen LogP contribution in [-0.4, -0.2) is 22.2 Å². The van der Waals surface area contributed by atoms with Gasteiger partial charge in [-0.15, -0.1) is 0 Å². The van der Waals surface area contributed by atoms with Gasteiger partial charge in [0.2, 0.25) is 0 Å². The Morgan fingerprint density at radius 2 is 2.44 bits per heavy atom. The van der Waals surface area contributed by atoms with Crippen LogP contribution in [0.15, 0.2) is 36.5 Å². The van der Waals surface area contributed by atoms with Gasteiger partial charge in [0, 0.05) is 12.3 Å². The lowest BCUT2D eigenvalue weighted by Crippen LogP contribution is -1.98. The fourth-order valence-electron chi connectivity index (χ4n) is 1.38. The molecule has 4 heteroatoms. The number of hydrogen-bond donors (Lipinski definition) is 0. The van der Waals surface area contributed by atoms with Crippen LogP contribution in [0.25, 0.3) is 11.6 Å². The van der Waals surface area contributed by atoms with Crippen molar-refractivity contribution < 1.29 is 9.53 Å². The Bertz CT molecular complexity index is 496. The fourth-order valence-corrected chi connectivity index (χ4v) is 1.38. The Morgan fingerprint density at radius 3 is 3.19 bits per heavy atom. The molecule has 0 saturated carbocycles. The van der Waals surface area contributed by atoms with Crippen molar-refractivity contribution in [1.29, 1.82) is 0 Å². The van der Waals surface area contributed by atoms with Gasteiger partial charge in [-0.1, -0.05) is 6.07 Å². The Kier molecular flexibility index (Phi) is 3.00. The summed E-state index contributed by atoms with van der Waals surface area (Å²) in [5.74, 6) is -0.348. The smallest absolute Gasteiger partial charge is 0.330 e. The minimum atomic E-state index is -0.348. The van der Waals surface area contributed by atoms with Crippen LogP contribution in [0.4, 0.5) is 0 Å². The van der Waals surface area contributed by atoms with Crippen molar-refractivity contribution in [1.82, 2.24) is 9.61 Å². The number of pyridine rings is 1. The highest BCUT2D eigenvalue weighted by atomic mass is 16.5. The highest BCUT2D eigenvalue weighted by Crippen LogP contribution is 2.07. The van der Waals surface area contributed by atoms with Gasteiger partial charge in [0.25, 0.3) is 0 Å². The molecule has 0 aliphatic rings. The highest BCUT2D eigenvalue weighted by molar-refractivity contribution is 5.86. The minimum Gasteiger partial charge on any atom is -0.463 e. The summed E-state index contributed by atoms with van der Waals surface area (Å²) in [6.07, 6.45) is 4.88. The Balaban J connectivity index is 2.18. The number of rotatable bonds is 3. The van der Waals surface area contributed by atoms with Crippen LogP contribution in [-0.2, 0) is 9.53 Å². The zero-order valence-corrected chi connectivity index (χ0v) is 8.96. The second-order valence-corrected chi connectivity index (χ2v) is 3.22. The highest BCUT2D eigenvalue weighted by Gasteiger charge is 1.98. The van der Waals surface area contributed by atoms with E-state index in [0.29, 0.717) is 6.61 Å². The number of ether oxygens (including phenoxy) is 1. The number of aromatic nitrogens is 2. The molecule has 0 saturated heterocycles. The summed E-state index contributed by atoms with van der Waals surface area (Å²) in [5.41, 5.74) is 1.73. The topological polar surface area (TPSA) is 43.6 Å². The van der Waals surface area contributed by atoms with Crippen LogP contribution in [0.1, 0.15) is 12.6 Å². The third-order valence-corrected chi connectivity index (χ3v) is 2.07. The summed E-state index contributed by atoms with van der Waals surface area (Å²) < 4.78 is 6.53. The quantitative estimate of drug-likeness (QED) is 0.581. The van der Waals surface area contributed by atoms with Gasteiger partial charge < -0.3 is 4.74 Å². The van der Waals surface area contributed by atoms with Crippen molar-refractivity contribution in [3.05, 3.63) is 42.2 Å². The molecular formula is C12H12N2O2. The molecule has 0 amide bonds. The molecule has 0 aliphatic heterocycles. The molecule has 16 heavy (non-hydrogen) atoms. The first-order chi connectivity index (χ1) is 7.79. The standard InChI is InChI=1S/C12H12N2O2/c1-2-16-12(15)7-6-10-9-11-5-3-4-8-14(11)13-10/h3-9H,2H2,1H3/b7-6+. The van der Waals surface area contributed by atoms with Gasteiger partial charge >= 0.3 is 5.97 Å². The molecule has 0 atom stereocenters. The van der Waals surface area contributed by atoms with E-state index in [4.69, 9.17) is 4.74 Å². The summed E-state index contributed by atoms with van der Waals surface area (Å²) in [5, 5.41) is 4.27. The van der Waals surface area contributed by atoms with Gasteiger partial charge in [0.1, 0.15) is 0 Å². The van der Waals surface area contributed by atoms with E-state index in [2.05, 4.69) is 5.10 Å². The first kappa shape index (κ1) is 10.4. The van der Waals surface area contributed by atoms with Gasteiger partial charge in [-0.25, -0.2) is 9.31 Å². The van der Waals surface area contributed by atoms with Gasteiger partial charge in [-0.05, 0) is 31.2 Å². The maximum Gasteiger partial charge on any atom is 0.330 e. The first-order valence-corrected chi connectivity index (χ1v) is 5.09. The summed E-state index contributed by atoms with van der Waals surface area (Å²) in [6.45, 7) is 2.16. The van der Waals surface area contributed by atoms with Crippen LogP contribution in [0.2, 0.25) is 0 Å². The molecule has 0 spiro atoms. The average molecular weight is 216 g/mol. The number of carbonyl (C=O) groups excluding carboxylic acids is 1. The van der Waals surface area contributed by atoms with Gasteiger partial charge in [-0.3, -0.25) is 0 Å². The second kappa shape index (κ2) is 4.61. The van der Waals surface area contributed by atoms with E-state index < -0.39 is 0 Å². The van der Waals surface area contributed by atoms with E-state index in [9.17, 15) is 4.79 Å². The van der Waals surface area contributed by atoms with Crippen molar-refractivity contribution >= 4 is 17.6 Å². The zero-order chi connectivity index (χ0) is 11.4. The molecule has 2 rings (SSSR count). The van der Waals surface area contributed by atoms with Crippen molar-refractivity contribution in [3.63, 3.8) is 0 Å². The van der Waals surface area contributed by atoms with E-state index in [0.717, 1.165) is 11.2 Å². The van der Waals surface area contributed by atoms with E-state index in [-0.39, 0.29) is 5.97 Å². The van der Waals surface area contributed by atoms with Crippen molar-refractivity contribution in [2.24, 2.45) is 0 Å². The third kappa shape index (κ3) is 2.28. The first-order valence-electron chi connectivity index (χ1n) is 5.09. The van der Waals surface area contributed by atoms with Crippen molar-refractivity contribution in [2.75, 3.05) is 6.61 Å². The Labute approximate surface area is 93.1 Å². The molecule has 0 fully saturated rings. The van der Waals surface area contributed by atoms with E-state index in [1.807, 2.05) is 30.5 Å². The van der Waals surface area contributed by atoms with E-state index >= 15 is 0 Å². The monoisotopic (exact) mass is 216 g/mol. The molecular weight excluding hydrogens is 204 g/mol. The molecule has 2 aromatic rings. The van der Waals surface area contributed by atoms with Crippen LogP contribution >= 0.6 is 0 Å². The van der Waals surface area contributed by atoms with E-state index in [1.165, 1.54) is 6.08 Å². The molecule has 0 aliphatic carbocycles. The van der Waals surface area contributed by atoms with Crippen LogP contribution in [0.3, 0.4) is 0 Å². The average Bonchev–Trinajstić information content (AvgIpc) is 2.69. The summed E-state index contributed by atoms with van der Waals surface area (Å²) >= 11 is 0. The summed E-state index contributed by atoms with van der Waals surface area (Å²) in [6, 6.07) is 7.69. The van der Waals surface area contributed by atoms with Crippen molar-refractivity contribution in [2.45, 2.75) is 6.92 Å². The maximum atomic E-state index is 11.1. The van der Waals surface area contributed by atoms with Crippen LogP contribution in [0.5, 0.6) is 0 Å². The molecule has 0 N–H and O–H groups in total. The minimum absolute atomic E-state index is 0.348. The second-order valence-electron chi connectivity index (χ2n) is 3.22. The lowest BCUT2D eigenvalue weighted by molar-refractivity contribution is -0.137. The van der Waals surface area contributed by atoms with Gasteiger partial charge in [0.15, 0.2) is 0 Å². The molecule has 82 valence electrons. The van der Waals surface area contributed by atoms with E-state index in [1.54, 1.807) is 17.5 Å².